The molecule has 4 heteroatoms. The van der Waals surface area contributed by atoms with E-state index in [1.54, 1.807) is 0 Å². The maximum absolute atomic E-state index is 12.0. The van der Waals surface area contributed by atoms with Crippen molar-refractivity contribution >= 4 is 5.91 Å². The lowest BCUT2D eigenvalue weighted by Crippen LogP contribution is -2.54. The van der Waals surface area contributed by atoms with E-state index >= 15 is 0 Å². The molecule has 1 aliphatic rings. The van der Waals surface area contributed by atoms with Crippen LogP contribution in [0.5, 0.6) is 0 Å². The summed E-state index contributed by atoms with van der Waals surface area (Å²) >= 11 is 0. The zero-order valence-corrected chi connectivity index (χ0v) is 9.25. The summed E-state index contributed by atoms with van der Waals surface area (Å²) in [7, 11) is 0. The molecule has 0 saturated carbocycles. The highest BCUT2D eigenvalue weighted by Gasteiger charge is 2.33. The van der Waals surface area contributed by atoms with Crippen molar-refractivity contribution in [2.24, 2.45) is 11.1 Å². The van der Waals surface area contributed by atoms with Gasteiger partial charge in [0.2, 0.25) is 5.91 Å². The van der Waals surface area contributed by atoms with Gasteiger partial charge in [0.25, 0.3) is 0 Å². The fourth-order valence-electron chi connectivity index (χ4n) is 1.55. The van der Waals surface area contributed by atoms with Gasteiger partial charge < -0.3 is 15.4 Å². The van der Waals surface area contributed by atoms with Crippen molar-refractivity contribution in [1.29, 1.82) is 0 Å². The van der Waals surface area contributed by atoms with E-state index in [9.17, 15) is 4.79 Å². The van der Waals surface area contributed by atoms with Crippen molar-refractivity contribution in [2.45, 2.75) is 26.8 Å². The molecule has 0 aromatic heterocycles. The van der Waals surface area contributed by atoms with Gasteiger partial charge in [-0.1, -0.05) is 20.8 Å². The van der Waals surface area contributed by atoms with Crippen LogP contribution in [0.15, 0.2) is 0 Å². The molecule has 14 heavy (non-hydrogen) atoms. The van der Waals surface area contributed by atoms with E-state index in [4.69, 9.17) is 10.5 Å². The Bertz CT molecular complexity index is 211. The molecule has 1 atom stereocenters. The van der Waals surface area contributed by atoms with Gasteiger partial charge in [-0.25, -0.2) is 0 Å². The molecule has 1 aliphatic heterocycles. The number of amides is 1. The first kappa shape index (κ1) is 11.5. The third kappa shape index (κ3) is 2.45. The Morgan fingerprint density at radius 1 is 1.57 bits per heavy atom. The average Bonchev–Trinajstić information content (AvgIpc) is 2.15. The maximum atomic E-state index is 12.0. The van der Waals surface area contributed by atoms with Crippen LogP contribution < -0.4 is 5.73 Å². The quantitative estimate of drug-likeness (QED) is 0.658. The Labute approximate surface area is 85.4 Å². The first-order chi connectivity index (χ1) is 6.46. The predicted octanol–water partition coefficient (Wildman–Crippen LogP) is 0.219. The molecule has 0 spiro atoms. The number of ether oxygens (including phenoxy) is 1. The van der Waals surface area contributed by atoms with Gasteiger partial charge in [0.05, 0.1) is 19.3 Å². The second-order valence-corrected chi connectivity index (χ2v) is 4.71. The maximum Gasteiger partial charge on any atom is 0.228 e. The standard InChI is InChI=1S/C10H20N2O2/c1-10(2,3)9(13)12-4-5-14-7-8(12)6-11/h8H,4-7,11H2,1-3H3. The smallest absolute Gasteiger partial charge is 0.228 e. The van der Waals surface area contributed by atoms with Gasteiger partial charge >= 0.3 is 0 Å². The van der Waals surface area contributed by atoms with Gasteiger partial charge in [0, 0.05) is 18.5 Å². The fourth-order valence-corrected chi connectivity index (χ4v) is 1.55. The highest BCUT2D eigenvalue weighted by atomic mass is 16.5. The molecule has 0 aliphatic carbocycles. The lowest BCUT2D eigenvalue weighted by atomic mass is 9.93. The molecule has 82 valence electrons. The summed E-state index contributed by atoms with van der Waals surface area (Å²) in [4.78, 5) is 13.9. The molecule has 1 rings (SSSR count). The van der Waals surface area contributed by atoms with Crippen LogP contribution in [0.1, 0.15) is 20.8 Å². The molecule has 0 aromatic rings. The molecule has 1 unspecified atom stereocenters. The number of morpholine rings is 1. The lowest BCUT2D eigenvalue weighted by Gasteiger charge is -2.38. The van der Waals surface area contributed by atoms with Crippen molar-refractivity contribution < 1.29 is 9.53 Å². The minimum absolute atomic E-state index is 0.0514. The summed E-state index contributed by atoms with van der Waals surface area (Å²) in [6.45, 7) is 8.12. The molecule has 0 bridgehead atoms. The first-order valence-corrected chi connectivity index (χ1v) is 5.05. The highest BCUT2D eigenvalue weighted by Crippen LogP contribution is 2.20. The van der Waals surface area contributed by atoms with Crippen molar-refractivity contribution in [3.63, 3.8) is 0 Å². The van der Waals surface area contributed by atoms with Gasteiger partial charge in [-0.2, -0.15) is 0 Å². The lowest BCUT2D eigenvalue weighted by molar-refractivity contribution is -0.147. The Morgan fingerprint density at radius 3 is 2.71 bits per heavy atom. The van der Waals surface area contributed by atoms with Crippen molar-refractivity contribution in [3.05, 3.63) is 0 Å². The largest absolute Gasteiger partial charge is 0.377 e. The summed E-state index contributed by atoms with van der Waals surface area (Å²) in [5.74, 6) is 0.163. The molecule has 1 heterocycles. The van der Waals surface area contributed by atoms with Crippen molar-refractivity contribution in [2.75, 3.05) is 26.3 Å². The fraction of sp³-hybridized carbons (Fsp3) is 0.900. The number of nitrogens with two attached hydrogens (primary N) is 1. The first-order valence-electron chi connectivity index (χ1n) is 5.05. The van der Waals surface area contributed by atoms with Gasteiger partial charge in [-0.3, -0.25) is 4.79 Å². The molecule has 2 N–H and O–H groups in total. The van der Waals surface area contributed by atoms with Crippen LogP contribution in [0.2, 0.25) is 0 Å². The predicted molar refractivity (Wildman–Crippen MR) is 54.8 cm³/mol. The van der Waals surface area contributed by atoms with E-state index in [2.05, 4.69) is 0 Å². The second-order valence-electron chi connectivity index (χ2n) is 4.71. The van der Waals surface area contributed by atoms with Crippen LogP contribution in [0, 0.1) is 5.41 Å². The topological polar surface area (TPSA) is 55.6 Å². The number of carbonyl (C=O) groups excluding carboxylic acids is 1. The summed E-state index contributed by atoms with van der Waals surface area (Å²) in [5, 5.41) is 0. The summed E-state index contributed by atoms with van der Waals surface area (Å²) in [6.07, 6.45) is 0. The van der Waals surface area contributed by atoms with E-state index < -0.39 is 0 Å². The van der Waals surface area contributed by atoms with Crippen molar-refractivity contribution in [3.8, 4) is 0 Å². The van der Waals surface area contributed by atoms with Crippen LogP contribution in [-0.2, 0) is 9.53 Å². The monoisotopic (exact) mass is 200 g/mol. The van der Waals surface area contributed by atoms with E-state index in [0.29, 0.717) is 26.3 Å². The third-order valence-corrected chi connectivity index (χ3v) is 2.40. The Kier molecular flexibility index (Phi) is 3.50. The minimum atomic E-state index is -0.329. The summed E-state index contributed by atoms with van der Waals surface area (Å²) < 4.78 is 5.29. The van der Waals surface area contributed by atoms with Gasteiger partial charge in [0.1, 0.15) is 0 Å². The van der Waals surface area contributed by atoms with Crippen LogP contribution in [0.25, 0.3) is 0 Å². The molecular formula is C10H20N2O2. The number of rotatable bonds is 1. The molecule has 1 amide bonds. The second kappa shape index (κ2) is 4.28. The molecule has 1 saturated heterocycles. The van der Waals surface area contributed by atoms with Crippen LogP contribution in [0.4, 0.5) is 0 Å². The van der Waals surface area contributed by atoms with E-state index in [1.165, 1.54) is 0 Å². The molecule has 4 nitrogen and oxygen atoms in total. The molecule has 1 fully saturated rings. The number of hydrogen-bond acceptors (Lipinski definition) is 3. The molecule has 0 radical (unpaired) electrons. The highest BCUT2D eigenvalue weighted by molar-refractivity contribution is 5.82. The number of hydrogen-bond donors (Lipinski definition) is 1. The molecule has 0 aromatic carbocycles. The van der Waals surface area contributed by atoms with Crippen LogP contribution in [-0.4, -0.2) is 43.2 Å². The van der Waals surface area contributed by atoms with Gasteiger partial charge in [-0.05, 0) is 0 Å². The van der Waals surface area contributed by atoms with Crippen LogP contribution >= 0.6 is 0 Å². The van der Waals surface area contributed by atoms with Crippen molar-refractivity contribution in [1.82, 2.24) is 4.90 Å². The number of nitrogens with zero attached hydrogens (tertiary/aromatic N) is 1. The van der Waals surface area contributed by atoms with E-state index in [-0.39, 0.29) is 17.4 Å². The van der Waals surface area contributed by atoms with Crippen LogP contribution in [0.3, 0.4) is 0 Å². The summed E-state index contributed by atoms with van der Waals surface area (Å²) in [5.41, 5.74) is 5.27. The molecular weight excluding hydrogens is 180 g/mol. The Hall–Kier alpha value is -0.610. The SMILES string of the molecule is CC(C)(C)C(=O)N1CCOCC1CN. The van der Waals surface area contributed by atoms with Gasteiger partial charge in [-0.15, -0.1) is 0 Å². The average molecular weight is 200 g/mol. The van der Waals surface area contributed by atoms with E-state index in [0.717, 1.165) is 0 Å². The third-order valence-electron chi connectivity index (χ3n) is 2.40. The Morgan fingerprint density at radius 2 is 2.21 bits per heavy atom. The normalized spacial score (nSPS) is 23.7. The Balaban J connectivity index is 2.69. The van der Waals surface area contributed by atoms with E-state index in [1.807, 2.05) is 25.7 Å². The minimum Gasteiger partial charge on any atom is -0.377 e. The summed E-state index contributed by atoms with van der Waals surface area (Å²) in [6, 6.07) is 0.0514. The zero-order valence-electron chi connectivity index (χ0n) is 9.25. The zero-order chi connectivity index (χ0) is 10.8. The number of carbonyl (C=O) groups is 1. The van der Waals surface area contributed by atoms with Gasteiger partial charge in [0.15, 0.2) is 0 Å².